The predicted octanol–water partition coefficient (Wildman–Crippen LogP) is 3.03. The van der Waals surface area contributed by atoms with Crippen molar-refractivity contribution in [2.75, 3.05) is 23.7 Å². The van der Waals surface area contributed by atoms with Gasteiger partial charge in [0.2, 0.25) is 0 Å². The van der Waals surface area contributed by atoms with E-state index in [4.69, 9.17) is 5.73 Å². The maximum Gasteiger partial charge on any atom is 0.0723 e. The van der Waals surface area contributed by atoms with Crippen molar-refractivity contribution >= 4 is 28.4 Å². The summed E-state index contributed by atoms with van der Waals surface area (Å²) in [4.78, 5) is 7.02. The molecule has 1 saturated heterocycles. The second kappa shape index (κ2) is 5.26. The molecule has 2 aromatic rings. The first-order chi connectivity index (χ1) is 9.61. The molecule has 0 radical (unpaired) electrons. The monoisotopic (exact) mass is 287 g/mol. The highest BCUT2D eigenvalue weighted by Gasteiger charge is 2.29. The molecule has 4 heteroatoms. The van der Waals surface area contributed by atoms with Crippen LogP contribution < -0.4 is 10.6 Å². The number of benzene rings is 1. The Morgan fingerprint density at radius 1 is 1.35 bits per heavy atom. The molecular formula is C16H21N3S. The van der Waals surface area contributed by atoms with Crippen LogP contribution in [0.2, 0.25) is 0 Å². The van der Waals surface area contributed by atoms with Gasteiger partial charge in [-0.05, 0) is 19.9 Å². The van der Waals surface area contributed by atoms with Crippen molar-refractivity contribution in [2.45, 2.75) is 25.1 Å². The lowest BCUT2D eigenvalue weighted by atomic mass is 10.1. The van der Waals surface area contributed by atoms with E-state index in [2.05, 4.69) is 41.9 Å². The van der Waals surface area contributed by atoms with Gasteiger partial charge in [-0.3, -0.25) is 4.98 Å². The van der Waals surface area contributed by atoms with E-state index in [-0.39, 0.29) is 4.75 Å². The highest BCUT2D eigenvalue weighted by molar-refractivity contribution is 8.00. The minimum absolute atomic E-state index is 0.286. The van der Waals surface area contributed by atoms with Crippen molar-refractivity contribution in [3.05, 3.63) is 36.0 Å². The van der Waals surface area contributed by atoms with Gasteiger partial charge in [0.05, 0.1) is 11.2 Å². The summed E-state index contributed by atoms with van der Waals surface area (Å²) in [6, 6.07) is 8.35. The molecule has 0 bridgehead atoms. The number of fused-ring (bicyclic) bond motifs is 1. The molecule has 0 spiro atoms. The third-order valence-electron chi connectivity index (χ3n) is 3.78. The Morgan fingerprint density at radius 2 is 2.15 bits per heavy atom. The van der Waals surface area contributed by atoms with Crippen molar-refractivity contribution in [2.24, 2.45) is 5.73 Å². The van der Waals surface area contributed by atoms with Crippen LogP contribution in [0.4, 0.5) is 5.69 Å². The number of hydrogen-bond acceptors (Lipinski definition) is 4. The fraction of sp³-hybridized carbons (Fsp3) is 0.438. The minimum atomic E-state index is 0.286. The molecular weight excluding hydrogens is 266 g/mol. The number of thioether (sulfide) groups is 1. The second-order valence-electron chi connectivity index (χ2n) is 5.88. The Bertz CT molecular complexity index is 624. The number of rotatable bonds is 2. The Morgan fingerprint density at radius 3 is 2.90 bits per heavy atom. The third-order valence-corrected chi connectivity index (χ3v) is 5.08. The fourth-order valence-corrected chi connectivity index (χ4v) is 4.01. The average Bonchev–Trinajstić information content (AvgIpc) is 2.45. The summed E-state index contributed by atoms with van der Waals surface area (Å²) >= 11 is 2.05. The molecule has 3 rings (SSSR count). The molecule has 106 valence electrons. The van der Waals surface area contributed by atoms with Crippen molar-refractivity contribution < 1.29 is 0 Å². The Kier molecular flexibility index (Phi) is 3.61. The maximum atomic E-state index is 5.94. The van der Waals surface area contributed by atoms with Crippen LogP contribution in [0.3, 0.4) is 0 Å². The standard InChI is InChI=1S/C16H21N3S/c1-16(2)11-19(7-8-20-16)15-12(9-17)10-18-14-6-4-3-5-13(14)15/h3-6,10H,7-9,11,17H2,1-2H3. The molecule has 1 aliphatic rings. The SMILES string of the molecule is CC1(C)CN(c2c(CN)cnc3ccccc23)CCS1. The molecule has 0 unspecified atom stereocenters. The third kappa shape index (κ3) is 2.50. The normalized spacial score (nSPS) is 18.4. The Balaban J connectivity index is 2.13. The van der Waals surface area contributed by atoms with Gasteiger partial charge in [0, 0.05) is 47.3 Å². The van der Waals surface area contributed by atoms with E-state index in [0.717, 1.165) is 29.9 Å². The first-order valence-electron chi connectivity index (χ1n) is 7.06. The largest absolute Gasteiger partial charge is 0.368 e. The molecule has 1 fully saturated rings. The summed E-state index contributed by atoms with van der Waals surface area (Å²) in [6.07, 6.45) is 1.94. The highest BCUT2D eigenvalue weighted by atomic mass is 32.2. The molecule has 2 heterocycles. The highest BCUT2D eigenvalue weighted by Crippen LogP contribution is 2.36. The lowest BCUT2D eigenvalue weighted by molar-refractivity contribution is 0.647. The molecule has 0 atom stereocenters. The van der Waals surface area contributed by atoms with Crippen molar-refractivity contribution in [1.82, 2.24) is 4.98 Å². The number of anilines is 1. The van der Waals surface area contributed by atoms with Crippen LogP contribution in [0.15, 0.2) is 30.5 Å². The molecule has 2 N–H and O–H groups in total. The smallest absolute Gasteiger partial charge is 0.0723 e. The number of nitrogens with two attached hydrogens (primary N) is 1. The van der Waals surface area contributed by atoms with Gasteiger partial charge in [0.15, 0.2) is 0 Å². The van der Waals surface area contributed by atoms with Gasteiger partial charge in [0.1, 0.15) is 0 Å². The molecule has 0 aliphatic carbocycles. The number of nitrogens with zero attached hydrogens (tertiary/aromatic N) is 2. The van der Waals surface area contributed by atoms with Gasteiger partial charge in [-0.2, -0.15) is 11.8 Å². The van der Waals surface area contributed by atoms with Crippen LogP contribution in [0.1, 0.15) is 19.4 Å². The van der Waals surface area contributed by atoms with E-state index in [1.54, 1.807) is 0 Å². The minimum Gasteiger partial charge on any atom is -0.368 e. The quantitative estimate of drug-likeness (QED) is 0.922. The predicted molar refractivity (Wildman–Crippen MR) is 88.4 cm³/mol. The molecule has 1 aromatic carbocycles. The van der Waals surface area contributed by atoms with Crippen LogP contribution in [0.5, 0.6) is 0 Å². The lowest BCUT2D eigenvalue weighted by Gasteiger charge is -2.40. The summed E-state index contributed by atoms with van der Waals surface area (Å²) in [6.45, 7) is 7.30. The van der Waals surface area contributed by atoms with E-state index in [0.29, 0.717) is 6.54 Å². The molecule has 1 aliphatic heterocycles. The molecule has 20 heavy (non-hydrogen) atoms. The van der Waals surface area contributed by atoms with E-state index in [1.165, 1.54) is 11.1 Å². The van der Waals surface area contributed by atoms with E-state index in [1.807, 2.05) is 24.0 Å². The fourth-order valence-electron chi connectivity index (χ4n) is 2.90. The number of pyridine rings is 1. The van der Waals surface area contributed by atoms with Crippen LogP contribution in [0, 0.1) is 0 Å². The van der Waals surface area contributed by atoms with Crippen molar-refractivity contribution in [3.63, 3.8) is 0 Å². The van der Waals surface area contributed by atoms with Crippen LogP contribution in [-0.4, -0.2) is 28.6 Å². The topological polar surface area (TPSA) is 42.1 Å². The number of para-hydroxylation sites is 1. The number of hydrogen-bond donors (Lipinski definition) is 1. The molecule has 3 nitrogen and oxygen atoms in total. The zero-order valence-electron chi connectivity index (χ0n) is 12.1. The summed E-state index contributed by atoms with van der Waals surface area (Å²) in [5, 5.41) is 1.22. The Labute approximate surface area is 124 Å². The summed E-state index contributed by atoms with van der Waals surface area (Å²) in [5.74, 6) is 1.16. The van der Waals surface area contributed by atoms with Crippen molar-refractivity contribution in [3.8, 4) is 0 Å². The van der Waals surface area contributed by atoms with Gasteiger partial charge in [-0.25, -0.2) is 0 Å². The van der Waals surface area contributed by atoms with Crippen LogP contribution >= 0.6 is 11.8 Å². The zero-order valence-corrected chi connectivity index (χ0v) is 12.9. The molecule has 0 saturated carbocycles. The van der Waals surface area contributed by atoms with E-state index < -0.39 is 0 Å². The maximum absolute atomic E-state index is 5.94. The first kappa shape index (κ1) is 13.7. The first-order valence-corrected chi connectivity index (χ1v) is 8.05. The van der Waals surface area contributed by atoms with Crippen molar-refractivity contribution in [1.29, 1.82) is 0 Å². The summed E-state index contributed by atoms with van der Waals surface area (Å²) in [7, 11) is 0. The zero-order chi connectivity index (χ0) is 14.2. The van der Waals surface area contributed by atoms with E-state index >= 15 is 0 Å². The van der Waals surface area contributed by atoms with Gasteiger partial charge in [0.25, 0.3) is 0 Å². The van der Waals surface area contributed by atoms with Gasteiger partial charge in [-0.15, -0.1) is 0 Å². The van der Waals surface area contributed by atoms with Gasteiger partial charge in [-0.1, -0.05) is 18.2 Å². The van der Waals surface area contributed by atoms with Crippen LogP contribution in [0.25, 0.3) is 10.9 Å². The summed E-state index contributed by atoms with van der Waals surface area (Å²) < 4.78 is 0.286. The second-order valence-corrected chi connectivity index (χ2v) is 7.69. The van der Waals surface area contributed by atoms with E-state index in [9.17, 15) is 0 Å². The van der Waals surface area contributed by atoms with Crippen LogP contribution in [-0.2, 0) is 6.54 Å². The number of aromatic nitrogens is 1. The van der Waals surface area contributed by atoms with Gasteiger partial charge < -0.3 is 10.6 Å². The van der Waals surface area contributed by atoms with Gasteiger partial charge >= 0.3 is 0 Å². The average molecular weight is 287 g/mol. The molecule has 0 amide bonds. The summed E-state index contributed by atoms with van der Waals surface area (Å²) in [5.41, 5.74) is 9.42. The Hall–Kier alpha value is -1.26. The molecule has 1 aromatic heterocycles. The lowest BCUT2D eigenvalue weighted by Crippen LogP contribution is -2.43.